The molecule has 0 atom stereocenters. The Balaban J connectivity index is 2.62. The van der Waals surface area contributed by atoms with Gasteiger partial charge in [0.15, 0.2) is 0 Å². The van der Waals surface area contributed by atoms with Crippen LogP contribution in [0, 0.1) is 6.92 Å². The maximum absolute atomic E-state index is 8.79. The summed E-state index contributed by atoms with van der Waals surface area (Å²) in [5, 5.41) is 20.4. The molecule has 0 saturated heterocycles. The fourth-order valence-electron chi connectivity index (χ4n) is 0.895. The smallest absolute Gasteiger partial charge is 0.130 e. The molecule has 72 valence electrons. The molecular weight excluding hydrogens is 170 g/mol. The van der Waals surface area contributed by atoms with Crippen LogP contribution in [0.2, 0.25) is 0 Å². The van der Waals surface area contributed by atoms with Crippen molar-refractivity contribution in [1.82, 2.24) is 9.97 Å². The molecule has 0 spiro atoms. The van der Waals surface area contributed by atoms with Crippen molar-refractivity contribution in [3.05, 3.63) is 18.1 Å². The number of nitrogens with one attached hydrogen (secondary N) is 1. The zero-order chi connectivity index (χ0) is 9.68. The zero-order valence-electron chi connectivity index (χ0n) is 7.44. The van der Waals surface area contributed by atoms with Crippen LogP contribution in [0.25, 0.3) is 0 Å². The Hall–Kier alpha value is -1.20. The molecule has 1 aromatic heterocycles. The molecule has 0 unspecified atom stereocenters. The highest BCUT2D eigenvalue weighted by Gasteiger charge is 2.05. The topological polar surface area (TPSA) is 78.3 Å². The minimum atomic E-state index is -0.366. The summed E-state index contributed by atoms with van der Waals surface area (Å²) in [6.45, 7) is 1.52. The summed E-state index contributed by atoms with van der Waals surface area (Å²) in [6.07, 6.45) is 1.62. The summed E-state index contributed by atoms with van der Waals surface area (Å²) in [4.78, 5) is 7.99. The normalized spacial score (nSPS) is 10.5. The lowest BCUT2D eigenvalue weighted by atomic mass is 10.3. The van der Waals surface area contributed by atoms with Crippen LogP contribution in [0.5, 0.6) is 0 Å². The molecule has 0 aromatic carbocycles. The van der Waals surface area contributed by atoms with Gasteiger partial charge in [-0.3, -0.25) is 0 Å². The predicted octanol–water partition coefficient (Wildman–Crippen LogP) is -0.450. The minimum Gasteiger partial charge on any atom is -0.394 e. The molecule has 13 heavy (non-hydrogen) atoms. The molecule has 0 amide bonds. The molecule has 5 heteroatoms. The number of hydrogen-bond acceptors (Lipinski definition) is 5. The molecule has 0 fully saturated rings. The van der Waals surface area contributed by atoms with Crippen molar-refractivity contribution in [2.45, 2.75) is 13.0 Å². The number of aliphatic hydroxyl groups is 2. The Morgan fingerprint density at radius 1 is 1.46 bits per heavy atom. The van der Waals surface area contributed by atoms with Gasteiger partial charge in [-0.25, -0.2) is 9.97 Å². The fourth-order valence-corrected chi connectivity index (χ4v) is 0.895. The lowest BCUT2D eigenvalue weighted by Gasteiger charge is -2.13. The lowest BCUT2D eigenvalue weighted by Crippen LogP contribution is -2.28. The van der Waals surface area contributed by atoms with Gasteiger partial charge in [-0.15, -0.1) is 0 Å². The molecule has 0 saturated carbocycles. The van der Waals surface area contributed by atoms with Crippen LogP contribution in [0.1, 0.15) is 5.82 Å². The first-order chi connectivity index (χ1) is 6.26. The van der Waals surface area contributed by atoms with E-state index >= 15 is 0 Å². The van der Waals surface area contributed by atoms with E-state index in [2.05, 4.69) is 15.3 Å². The highest BCUT2D eigenvalue weighted by atomic mass is 16.3. The molecule has 1 rings (SSSR count). The summed E-state index contributed by atoms with van der Waals surface area (Å²) in [5.41, 5.74) is 0. The van der Waals surface area contributed by atoms with Crippen molar-refractivity contribution in [1.29, 1.82) is 0 Å². The van der Waals surface area contributed by atoms with Crippen LogP contribution in [-0.4, -0.2) is 39.4 Å². The van der Waals surface area contributed by atoms with Crippen molar-refractivity contribution in [2.75, 3.05) is 18.5 Å². The van der Waals surface area contributed by atoms with Crippen LogP contribution < -0.4 is 5.32 Å². The van der Waals surface area contributed by atoms with Gasteiger partial charge < -0.3 is 15.5 Å². The molecule has 0 aliphatic heterocycles. The van der Waals surface area contributed by atoms with E-state index in [0.717, 1.165) is 0 Å². The summed E-state index contributed by atoms with van der Waals surface area (Å²) >= 11 is 0. The summed E-state index contributed by atoms with van der Waals surface area (Å²) in [7, 11) is 0. The van der Waals surface area contributed by atoms with Gasteiger partial charge in [-0.1, -0.05) is 0 Å². The van der Waals surface area contributed by atoms with Crippen molar-refractivity contribution in [2.24, 2.45) is 0 Å². The Morgan fingerprint density at radius 2 is 2.15 bits per heavy atom. The van der Waals surface area contributed by atoms with Crippen LogP contribution in [0.15, 0.2) is 12.3 Å². The van der Waals surface area contributed by atoms with Crippen molar-refractivity contribution < 1.29 is 10.2 Å². The second-order valence-electron chi connectivity index (χ2n) is 2.70. The van der Waals surface area contributed by atoms with Gasteiger partial charge in [0, 0.05) is 6.20 Å². The molecular formula is C8H13N3O2. The third kappa shape index (κ3) is 2.96. The van der Waals surface area contributed by atoms with E-state index in [0.29, 0.717) is 11.6 Å². The van der Waals surface area contributed by atoms with E-state index in [1.165, 1.54) is 0 Å². The first-order valence-electron chi connectivity index (χ1n) is 4.04. The van der Waals surface area contributed by atoms with Gasteiger partial charge in [0.25, 0.3) is 0 Å². The Morgan fingerprint density at radius 3 is 2.69 bits per heavy atom. The number of aliphatic hydroxyl groups excluding tert-OH is 2. The molecule has 1 heterocycles. The third-order valence-electron chi connectivity index (χ3n) is 1.57. The highest BCUT2D eigenvalue weighted by molar-refractivity contribution is 5.34. The first kappa shape index (κ1) is 9.88. The van der Waals surface area contributed by atoms with Crippen LogP contribution in [0.4, 0.5) is 5.82 Å². The molecule has 0 radical (unpaired) electrons. The quantitative estimate of drug-likeness (QED) is 0.589. The van der Waals surface area contributed by atoms with Gasteiger partial charge in [-0.2, -0.15) is 0 Å². The monoisotopic (exact) mass is 183 g/mol. The average molecular weight is 183 g/mol. The van der Waals surface area contributed by atoms with E-state index in [4.69, 9.17) is 10.2 Å². The Bertz CT molecular complexity index is 263. The molecule has 0 bridgehead atoms. The van der Waals surface area contributed by atoms with Crippen LogP contribution in [0.3, 0.4) is 0 Å². The van der Waals surface area contributed by atoms with Crippen molar-refractivity contribution in [3.8, 4) is 0 Å². The van der Waals surface area contributed by atoms with Crippen LogP contribution in [-0.2, 0) is 0 Å². The summed E-state index contributed by atoms with van der Waals surface area (Å²) < 4.78 is 0. The third-order valence-corrected chi connectivity index (χ3v) is 1.57. The van der Waals surface area contributed by atoms with E-state index in [1.54, 1.807) is 19.2 Å². The van der Waals surface area contributed by atoms with Gasteiger partial charge in [-0.05, 0) is 13.0 Å². The van der Waals surface area contributed by atoms with E-state index in [-0.39, 0.29) is 19.3 Å². The number of aryl methyl sites for hydroxylation is 1. The maximum atomic E-state index is 8.79. The van der Waals surface area contributed by atoms with E-state index in [9.17, 15) is 0 Å². The summed E-state index contributed by atoms with van der Waals surface area (Å²) in [5.74, 6) is 1.26. The largest absolute Gasteiger partial charge is 0.394 e. The molecule has 0 aliphatic carbocycles. The van der Waals surface area contributed by atoms with Gasteiger partial charge in [0.1, 0.15) is 11.6 Å². The maximum Gasteiger partial charge on any atom is 0.130 e. The van der Waals surface area contributed by atoms with Gasteiger partial charge in [0.05, 0.1) is 19.3 Å². The first-order valence-corrected chi connectivity index (χ1v) is 4.04. The molecule has 0 aliphatic rings. The second-order valence-corrected chi connectivity index (χ2v) is 2.70. The second kappa shape index (κ2) is 4.74. The number of nitrogens with zero attached hydrogens (tertiary/aromatic N) is 2. The van der Waals surface area contributed by atoms with E-state index in [1.807, 2.05) is 0 Å². The highest BCUT2D eigenvalue weighted by Crippen LogP contribution is 2.02. The molecule has 5 nitrogen and oxygen atoms in total. The number of anilines is 1. The molecule has 1 aromatic rings. The predicted molar refractivity (Wildman–Crippen MR) is 48.4 cm³/mol. The minimum absolute atomic E-state index is 0.125. The van der Waals surface area contributed by atoms with Gasteiger partial charge >= 0.3 is 0 Å². The summed E-state index contributed by atoms with van der Waals surface area (Å²) in [6, 6.07) is 1.32. The van der Waals surface area contributed by atoms with Crippen LogP contribution >= 0.6 is 0 Å². The average Bonchev–Trinajstić information content (AvgIpc) is 2.14. The Labute approximate surface area is 76.5 Å². The fraction of sp³-hybridized carbons (Fsp3) is 0.500. The number of rotatable bonds is 4. The Kier molecular flexibility index (Phi) is 3.60. The number of hydrogen-bond donors (Lipinski definition) is 3. The number of aromatic nitrogens is 2. The van der Waals surface area contributed by atoms with Crippen molar-refractivity contribution in [3.63, 3.8) is 0 Å². The SMILES string of the molecule is Cc1nccc(NC(CO)CO)n1. The standard InChI is InChI=1S/C8H13N3O2/c1-6-9-3-2-8(10-6)11-7(4-12)5-13/h2-3,7,12-13H,4-5H2,1H3,(H,9,10,11). The molecule has 3 N–H and O–H groups in total. The van der Waals surface area contributed by atoms with E-state index < -0.39 is 0 Å². The van der Waals surface area contributed by atoms with Gasteiger partial charge in [0.2, 0.25) is 0 Å². The van der Waals surface area contributed by atoms with Crippen molar-refractivity contribution >= 4 is 5.82 Å². The zero-order valence-corrected chi connectivity index (χ0v) is 7.44. The lowest BCUT2D eigenvalue weighted by molar-refractivity contribution is 0.203.